The van der Waals surface area contributed by atoms with Crippen LogP contribution in [0, 0.1) is 0 Å². The lowest BCUT2D eigenvalue weighted by molar-refractivity contribution is 0.0973. The van der Waals surface area contributed by atoms with Gasteiger partial charge in [0.05, 0.1) is 12.2 Å². The Bertz CT molecular complexity index is 1320. The molecule has 0 saturated carbocycles. The first kappa shape index (κ1) is 38.2. The predicted octanol–water partition coefficient (Wildman–Crippen LogP) is 9.26. The van der Waals surface area contributed by atoms with Crippen molar-refractivity contribution in [2.24, 2.45) is 0 Å². The third-order valence-corrected chi connectivity index (χ3v) is 7.97. The molecule has 4 aromatic rings. The number of rotatable bonds is 20. The first-order chi connectivity index (χ1) is 23.4. The Morgan fingerprint density at radius 3 is 1.15 bits per heavy atom. The molecule has 6 heteroatoms. The Morgan fingerprint density at radius 1 is 0.479 bits per heavy atom. The van der Waals surface area contributed by atoms with Gasteiger partial charge in [0, 0.05) is 22.3 Å². The van der Waals surface area contributed by atoms with E-state index in [2.05, 4.69) is 13.8 Å². The number of hydrogen-bond acceptors (Lipinski definition) is 6. The summed E-state index contributed by atoms with van der Waals surface area (Å²) < 4.78 is 11.2. The van der Waals surface area contributed by atoms with Gasteiger partial charge in [-0.2, -0.15) is 0 Å². The number of unbranched alkanes of at least 4 members (excludes halogenated alkanes) is 6. The van der Waals surface area contributed by atoms with Crippen LogP contribution in [0.1, 0.15) is 110 Å². The van der Waals surface area contributed by atoms with Crippen molar-refractivity contribution in [3.8, 4) is 11.5 Å². The van der Waals surface area contributed by atoms with E-state index < -0.39 is 12.2 Å². The molecule has 48 heavy (non-hydrogen) atoms. The molecule has 0 radical (unpaired) electrons. The Balaban J connectivity index is 0.000000260. The van der Waals surface area contributed by atoms with Crippen LogP contribution in [0.2, 0.25) is 0 Å². The van der Waals surface area contributed by atoms with E-state index in [1.807, 2.05) is 60.7 Å². The molecule has 0 spiro atoms. The van der Waals surface area contributed by atoms with Crippen molar-refractivity contribution < 1.29 is 29.3 Å². The number of ketones is 2. The van der Waals surface area contributed by atoms with Crippen molar-refractivity contribution in [3.05, 3.63) is 131 Å². The number of carbonyl (C=O) groups is 2. The van der Waals surface area contributed by atoms with Crippen LogP contribution in [0.3, 0.4) is 0 Å². The van der Waals surface area contributed by atoms with Crippen LogP contribution in [0.25, 0.3) is 0 Å². The van der Waals surface area contributed by atoms with Crippen molar-refractivity contribution in [3.63, 3.8) is 0 Å². The average Bonchev–Trinajstić information content (AvgIpc) is 3.14. The number of benzene rings is 4. The summed E-state index contributed by atoms with van der Waals surface area (Å²) in [6.07, 6.45) is 9.85. The largest absolute Gasteiger partial charge is 0.491 e. The summed E-state index contributed by atoms with van der Waals surface area (Å²) in [6.45, 7) is 4.92. The minimum absolute atomic E-state index is 0.00175. The lowest BCUT2D eigenvalue weighted by Gasteiger charge is -2.12. The summed E-state index contributed by atoms with van der Waals surface area (Å²) in [7, 11) is 0. The fraction of sp³-hybridized carbons (Fsp3) is 0.381. The summed E-state index contributed by atoms with van der Waals surface area (Å²) in [5.74, 6) is 1.34. The van der Waals surface area contributed by atoms with Gasteiger partial charge in [0.1, 0.15) is 24.7 Å². The summed E-state index contributed by atoms with van der Waals surface area (Å²) in [6, 6.07) is 32.6. The average molecular weight is 653 g/mol. The Hall–Kier alpha value is -4.26. The molecule has 2 atom stereocenters. The molecule has 256 valence electrons. The molecule has 0 aliphatic carbocycles. The number of aliphatic hydroxyl groups is 2. The Labute approximate surface area is 286 Å². The zero-order valence-electron chi connectivity index (χ0n) is 28.6. The zero-order chi connectivity index (χ0) is 34.4. The molecule has 0 aliphatic rings. The fourth-order valence-electron chi connectivity index (χ4n) is 5.08. The first-order valence-electron chi connectivity index (χ1n) is 17.4. The Kier molecular flexibility index (Phi) is 17.8. The number of hydrogen-bond donors (Lipinski definition) is 2. The van der Waals surface area contributed by atoms with Gasteiger partial charge in [-0.1, -0.05) is 126 Å². The molecular weight excluding hydrogens is 600 g/mol. The molecule has 0 aromatic heterocycles. The summed E-state index contributed by atoms with van der Waals surface area (Å²) in [5, 5.41) is 19.8. The standard InChI is InChI=1S/2C21H26O3/c2*1-2-3-4-8-11-19(22)16-24-20-14-12-18(13-15-20)21(23)17-9-6-5-7-10-17/h2*5-7,9-10,12-15,19,22H,2-4,8,11,16H2,1H3. The minimum Gasteiger partial charge on any atom is -0.491 e. The third kappa shape index (κ3) is 14.2. The molecular formula is C42H52O6. The highest BCUT2D eigenvalue weighted by Crippen LogP contribution is 2.18. The van der Waals surface area contributed by atoms with Crippen LogP contribution >= 0.6 is 0 Å². The van der Waals surface area contributed by atoms with E-state index in [4.69, 9.17) is 9.47 Å². The smallest absolute Gasteiger partial charge is 0.193 e. The second kappa shape index (κ2) is 22.3. The number of aliphatic hydroxyl groups excluding tert-OH is 2. The Morgan fingerprint density at radius 2 is 0.812 bits per heavy atom. The fourth-order valence-corrected chi connectivity index (χ4v) is 5.08. The molecule has 0 aliphatic heterocycles. The van der Waals surface area contributed by atoms with Gasteiger partial charge in [-0.25, -0.2) is 0 Å². The van der Waals surface area contributed by atoms with E-state index in [1.165, 1.54) is 25.7 Å². The van der Waals surface area contributed by atoms with E-state index in [-0.39, 0.29) is 24.8 Å². The molecule has 4 rings (SSSR count). The van der Waals surface area contributed by atoms with Crippen LogP contribution in [0.4, 0.5) is 0 Å². The molecule has 0 amide bonds. The quantitative estimate of drug-likeness (QED) is 0.0730. The highest BCUT2D eigenvalue weighted by Gasteiger charge is 2.11. The van der Waals surface area contributed by atoms with E-state index >= 15 is 0 Å². The highest BCUT2D eigenvalue weighted by molar-refractivity contribution is 6.09. The van der Waals surface area contributed by atoms with Crippen LogP contribution in [0.15, 0.2) is 109 Å². The van der Waals surface area contributed by atoms with Gasteiger partial charge in [-0.3, -0.25) is 9.59 Å². The van der Waals surface area contributed by atoms with Gasteiger partial charge in [-0.05, 0) is 61.4 Å². The number of ether oxygens (including phenoxy) is 2. The monoisotopic (exact) mass is 652 g/mol. The zero-order valence-corrected chi connectivity index (χ0v) is 28.6. The molecule has 2 unspecified atom stereocenters. The maximum Gasteiger partial charge on any atom is 0.193 e. The minimum atomic E-state index is -0.438. The SMILES string of the molecule is CCCCCCC(O)COc1ccc(C(=O)c2ccccc2)cc1.CCCCCCC(O)COc1ccc(C(=O)c2ccccc2)cc1. The molecule has 4 aromatic carbocycles. The highest BCUT2D eigenvalue weighted by atomic mass is 16.5. The lowest BCUT2D eigenvalue weighted by Crippen LogP contribution is -2.17. The first-order valence-corrected chi connectivity index (χ1v) is 17.4. The van der Waals surface area contributed by atoms with Crippen molar-refractivity contribution in [2.75, 3.05) is 13.2 Å². The maximum atomic E-state index is 12.3. The van der Waals surface area contributed by atoms with Crippen LogP contribution < -0.4 is 9.47 Å². The van der Waals surface area contributed by atoms with E-state index in [0.717, 1.165) is 38.5 Å². The third-order valence-electron chi connectivity index (χ3n) is 7.97. The van der Waals surface area contributed by atoms with E-state index in [0.29, 0.717) is 33.8 Å². The molecule has 0 bridgehead atoms. The molecule has 6 nitrogen and oxygen atoms in total. The lowest BCUT2D eigenvalue weighted by atomic mass is 10.0. The van der Waals surface area contributed by atoms with E-state index in [9.17, 15) is 19.8 Å². The van der Waals surface area contributed by atoms with E-state index in [1.54, 1.807) is 48.5 Å². The second-order valence-corrected chi connectivity index (χ2v) is 12.1. The van der Waals surface area contributed by atoms with Crippen LogP contribution in [-0.4, -0.2) is 47.2 Å². The molecule has 2 N–H and O–H groups in total. The normalized spacial score (nSPS) is 11.9. The van der Waals surface area contributed by atoms with Gasteiger partial charge in [0.25, 0.3) is 0 Å². The van der Waals surface area contributed by atoms with Crippen molar-refractivity contribution in [1.29, 1.82) is 0 Å². The predicted molar refractivity (Wildman–Crippen MR) is 193 cm³/mol. The maximum absolute atomic E-state index is 12.3. The van der Waals surface area contributed by atoms with Gasteiger partial charge in [0.2, 0.25) is 0 Å². The molecule has 0 saturated heterocycles. The topological polar surface area (TPSA) is 93.1 Å². The second-order valence-electron chi connectivity index (χ2n) is 12.1. The van der Waals surface area contributed by atoms with Gasteiger partial charge < -0.3 is 19.7 Å². The molecule has 0 heterocycles. The van der Waals surface area contributed by atoms with Crippen molar-refractivity contribution >= 4 is 11.6 Å². The van der Waals surface area contributed by atoms with Crippen molar-refractivity contribution in [2.45, 2.75) is 90.3 Å². The van der Waals surface area contributed by atoms with Gasteiger partial charge in [-0.15, -0.1) is 0 Å². The van der Waals surface area contributed by atoms with Crippen LogP contribution in [0.5, 0.6) is 11.5 Å². The van der Waals surface area contributed by atoms with Gasteiger partial charge >= 0.3 is 0 Å². The summed E-state index contributed by atoms with van der Waals surface area (Å²) >= 11 is 0. The molecule has 0 fully saturated rings. The van der Waals surface area contributed by atoms with Crippen LogP contribution in [-0.2, 0) is 0 Å². The van der Waals surface area contributed by atoms with Gasteiger partial charge in [0.15, 0.2) is 11.6 Å². The number of carbonyl (C=O) groups excluding carboxylic acids is 2. The summed E-state index contributed by atoms with van der Waals surface area (Å²) in [4.78, 5) is 24.6. The van der Waals surface area contributed by atoms with Crippen molar-refractivity contribution in [1.82, 2.24) is 0 Å². The summed E-state index contributed by atoms with van der Waals surface area (Å²) in [5.41, 5.74) is 2.62.